The number of methoxy groups -OCH3 is 1. The molecule has 1 fully saturated rings. The monoisotopic (exact) mass is 489 g/mol. The Morgan fingerprint density at radius 1 is 0.971 bits per heavy atom. The molecule has 3 rings (SSSR count). The molecule has 0 saturated carbocycles. The molecule has 0 bridgehead atoms. The zero-order chi connectivity index (χ0) is 24.7. The van der Waals surface area contributed by atoms with Gasteiger partial charge in [-0.1, -0.05) is 12.1 Å². The van der Waals surface area contributed by atoms with E-state index in [1.807, 2.05) is 0 Å². The maximum Gasteiger partial charge on any atom is 0.338 e. The molecule has 0 radical (unpaired) electrons. The van der Waals surface area contributed by atoms with Gasteiger partial charge in [-0.05, 0) is 56.2 Å². The maximum absolute atomic E-state index is 12.9. The van der Waals surface area contributed by atoms with Crippen LogP contribution in [0.25, 0.3) is 0 Å². The van der Waals surface area contributed by atoms with Crippen LogP contribution >= 0.6 is 0 Å². The molecule has 0 atom stereocenters. The van der Waals surface area contributed by atoms with Gasteiger partial charge in [0.25, 0.3) is 0 Å². The van der Waals surface area contributed by atoms with Gasteiger partial charge in [0.1, 0.15) is 5.75 Å². The van der Waals surface area contributed by atoms with Crippen molar-refractivity contribution in [3.05, 3.63) is 59.7 Å². The van der Waals surface area contributed by atoms with E-state index in [4.69, 9.17) is 14.2 Å². The third kappa shape index (κ3) is 5.81. The van der Waals surface area contributed by atoms with Crippen molar-refractivity contribution in [2.45, 2.75) is 24.7 Å². The normalized spacial score (nSPS) is 14.9. The van der Waals surface area contributed by atoms with E-state index >= 15 is 0 Å². The van der Waals surface area contributed by atoms with Crippen molar-refractivity contribution in [2.75, 3.05) is 33.4 Å². The molecule has 1 aliphatic heterocycles. The van der Waals surface area contributed by atoms with E-state index in [0.29, 0.717) is 11.3 Å². The second kappa shape index (κ2) is 11.3. The topological polar surface area (TPSA) is 116 Å². The molecule has 1 heterocycles. The minimum Gasteiger partial charge on any atom is -0.496 e. The van der Waals surface area contributed by atoms with Gasteiger partial charge in [-0.15, -0.1) is 0 Å². The first-order valence-corrected chi connectivity index (χ1v) is 12.3. The Kier molecular flexibility index (Phi) is 8.41. The lowest BCUT2D eigenvalue weighted by Crippen LogP contribution is -2.40. The standard InChI is InChI=1S/C24H27NO8S/c1-3-32-23(27)17-8-10-19(11-9-17)34(29,30)25-14-12-18(13-15-25)24(28)33-16-21(26)20-6-4-5-7-22(20)31-2/h4-11,18H,3,12-16H2,1-2H3. The van der Waals surface area contributed by atoms with Crippen molar-refractivity contribution >= 4 is 27.7 Å². The van der Waals surface area contributed by atoms with Crippen LogP contribution in [-0.4, -0.2) is 63.9 Å². The van der Waals surface area contributed by atoms with Gasteiger partial charge in [0, 0.05) is 13.1 Å². The molecular formula is C24H27NO8S. The molecule has 10 heteroatoms. The van der Waals surface area contributed by atoms with Crippen molar-refractivity contribution in [3.63, 3.8) is 0 Å². The fourth-order valence-electron chi connectivity index (χ4n) is 3.67. The molecule has 2 aromatic rings. The van der Waals surface area contributed by atoms with Gasteiger partial charge in [-0.25, -0.2) is 13.2 Å². The highest BCUT2D eigenvalue weighted by Gasteiger charge is 2.33. The lowest BCUT2D eigenvalue weighted by Gasteiger charge is -2.30. The molecular weight excluding hydrogens is 462 g/mol. The number of para-hydroxylation sites is 1. The number of ether oxygens (including phenoxy) is 3. The Morgan fingerprint density at radius 2 is 1.62 bits per heavy atom. The van der Waals surface area contributed by atoms with Crippen molar-refractivity contribution in [1.29, 1.82) is 0 Å². The van der Waals surface area contributed by atoms with Gasteiger partial charge in [0.15, 0.2) is 6.61 Å². The van der Waals surface area contributed by atoms with Gasteiger partial charge in [0.05, 0.1) is 35.7 Å². The van der Waals surface area contributed by atoms with E-state index in [2.05, 4.69) is 0 Å². The fourth-order valence-corrected chi connectivity index (χ4v) is 5.14. The molecule has 0 unspecified atom stereocenters. The lowest BCUT2D eigenvalue weighted by atomic mass is 9.98. The number of Topliss-reactive ketones (excluding diaryl/α,β-unsaturated/α-hetero) is 1. The second-order valence-electron chi connectivity index (χ2n) is 7.65. The summed E-state index contributed by atoms with van der Waals surface area (Å²) >= 11 is 0. The zero-order valence-corrected chi connectivity index (χ0v) is 19.9. The van der Waals surface area contributed by atoms with Crippen molar-refractivity contribution in [1.82, 2.24) is 4.31 Å². The lowest BCUT2D eigenvalue weighted by molar-refractivity contribution is -0.148. The van der Waals surface area contributed by atoms with Crippen LogP contribution in [0.1, 0.15) is 40.5 Å². The highest BCUT2D eigenvalue weighted by atomic mass is 32.2. The molecule has 1 saturated heterocycles. The van der Waals surface area contributed by atoms with E-state index in [0.717, 1.165) is 0 Å². The van der Waals surface area contributed by atoms with Crippen LogP contribution in [0.4, 0.5) is 0 Å². The van der Waals surface area contributed by atoms with Crippen molar-refractivity contribution < 1.29 is 37.0 Å². The number of nitrogens with zero attached hydrogens (tertiary/aromatic N) is 1. The van der Waals surface area contributed by atoms with Gasteiger partial charge in [0.2, 0.25) is 15.8 Å². The molecule has 182 valence electrons. The van der Waals surface area contributed by atoms with Crippen LogP contribution in [0.15, 0.2) is 53.4 Å². The van der Waals surface area contributed by atoms with E-state index < -0.39 is 34.5 Å². The summed E-state index contributed by atoms with van der Waals surface area (Å²) in [6.07, 6.45) is 0.559. The third-order valence-electron chi connectivity index (χ3n) is 5.54. The summed E-state index contributed by atoms with van der Waals surface area (Å²) in [4.78, 5) is 36.7. The first-order valence-electron chi connectivity index (χ1n) is 10.9. The number of sulfonamides is 1. The number of hydrogen-bond acceptors (Lipinski definition) is 8. The molecule has 34 heavy (non-hydrogen) atoms. The minimum atomic E-state index is -3.77. The Bertz CT molecular complexity index is 1140. The predicted molar refractivity (Wildman–Crippen MR) is 122 cm³/mol. The van der Waals surface area contributed by atoms with Crippen molar-refractivity contribution in [2.24, 2.45) is 5.92 Å². The number of hydrogen-bond donors (Lipinski definition) is 0. The summed E-state index contributed by atoms with van der Waals surface area (Å²) in [6.45, 7) is 1.79. The Labute approximate surface area is 198 Å². The fraction of sp³-hybridized carbons (Fsp3) is 0.375. The van der Waals surface area contributed by atoms with Gasteiger partial charge < -0.3 is 14.2 Å². The highest BCUT2D eigenvalue weighted by molar-refractivity contribution is 7.89. The second-order valence-corrected chi connectivity index (χ2v) is 9.59. The molecule has 2 aromatic carbocycles. The number of ketones is 1. The summed E-state index contributed by atoms with van der Waals surface area (Å²) in [7, 11) is -2.32. The number of benzene rings is 2. The van der Waals surface area contributed by atoms with Crippen LogP contribution in [-0.2, 0) is 24.3 Å². The van der Waals surface area contributed by atoms with Gasteiger partial charge in [-0.3, -0.25) is 9.59 Å². The maximum atomic E-state index is 12.9. The number of piperidine rings is 1. The van der Waals surface area contributed by atoms with Crippen LogP contribution in [0.5, 0.6) is 5.75 Å². The van der Waals surface area contributed by atoms with E-state index in [-0.39, 0.29) is 48.8 Å². The zero-order valence-electron chi connectivity index (χ0n) is 19.1. The average molecular weight is 490 g/mol. The summed E-state index contributed by atoms with van der Waals surface area (Å²) in [5.74, 6) is -1.52. The average Bonchev–Trinajstić information content (AvgIpc) is 2.87. The highest BCUT2D eigenvalue weighted by Crippen LogP contribution is 2.25. The Morgan fingerprint density at radius 3 is 2.24 bits per heavy atom. The van der Waals surface area contributed by atoms with Crippen LogP contribution < -0.4 is 4.74 Å². The molecule has 0 N–H and O–H groups in total. The van der Waals surface area contributed by atoms with Gasteiger partial charge in [-0.2, -0.15) is 4.31 Å². The van der Waals surface area contributed by atoms with E-state index in [1.165, 1.54) is 35.7 Å². The smallest absolute Gasteiger partial charge is 0.338 e. The Hall–Kier alpha value is -3.24. The minimum absolute atomic E-state index is 0.0592. The first-order chi connectivity index (χ1) is 16.3. The molecule has 0 aromatic heterocycles. The van der Waals surface area contributed by atoms with Crippen LogP contribution in [0, 0.1) is 5.92 Å². The molecule has 0 aliphatic carbocycles. The van der Waals surface area contributed by atoms with E-state index in [1.54, 1.807) is 31.2 Å². The Balaban J connectivity index is 1.54. The first kappa shape index (κ1) is 25.4. The van der Waals surface area contributed by atoms with E-state index in [9.17, 15) is 22.8 Å². The largest absolute Gasteiger partial charge is 0.496 e. The predicted octanol–water partition coefficient (Wildman–Crippen LogP) is 2.70. The van der Waals surface area contributed by atoms with Crippen LogP contribution in [0.3, 0.4) is 0 Å². The number of carbonyl (C=O) groups is 3. The quantitative estimate of drug-likeness (QED) is 0.390. The summed E-state index contributed by atoms with van der Waals surface area (Å²) < 4.78 is 42.4. The number of carbonyl (C=O) groups excluding carboxylic acids is 3. The molecule has 0 spiro atoms. The molecule has 1 aliphatic rings. The summed E-state index contributed by atoms with van der Waals surface area (Å²) in [5, 5.41) is 0. The SMILES string of the molecule is CCOC(=O)c1ccc(S(=O)(=O)N2CCC(C(=O)OCC(=O)c3ccccc3OC)CC2)cc1. The van der Waals surface area contributed by atoms with Crippen molar-refractivity contribution in [3.8, 4) is 5.75 Å². The van der Waals surface area contributed by atoms with Crippen LogP contribution in [0.2, 0.25) is 0 Å². The summed E-state index contributed by atoms with van der Waals surface area (Å²) in [5.41, 5.74) is 0.595. The number of rotatable bonds is 9. The number of esters is 2. The summed E-state index contributed by atoms with van der Waals surface area (Å²) in [6, 6.07) is 12.2. The molecule has 9 nitrogen and oxygen atoms in total. The third-order valence-corrected chi connectivity index (χ3v) is 7.46. The van der Waals surface area contributed by atoms with Gasteiger partial charge >= 0.3 is 11.9 Å². The molecule has 0 amide bonds.